The molecule has 0 saturated heterocycles. The van der Waals surface area contributed by atoms with Gasteiger partial charge in [0.1, 0.15) is 0 Å². The van der Waals surface area contributed by atoms with E-state index in [4.69, 9.17) is 0 Å². The van der Waals surface area contributed by atoms with Crippen LogP contribution in [-0.2, 0) is 17.6 Å². The average Bonchev–Trinajstić information content (AvgIpc) is 2.71. The minimum absolute atomic E-state index is 0.0503. The first kappa shape index (κ1) is 21.9. The molecule has 1 N–H and O–H groups in total. The number of hydrogen-bond donors (Lipinski definition) is 1. The highest BCUT2D eigenvalue weighted by molar-refractivity contribution is 6.30. The minimum Gasteiger partial charge on any atom is -0.396 e. The third kappa shape index (κ3) is 4.70. The lowest BCUT2D eigenvalue weighted by molar-refractivity contribution is -0.113. The Labute approximate surface area is 158 Å². The molecule has 0 amide bonds. The average molecular weight is 353 g/mol. The van der Waals surface area contributed by atoms with Crippen LogP contribution >= 0.6 is 0 Å². The number of aryl methyl sites for hydroxylation is 1. The third-order valence-electron chi connectivity index (χ3n) is 4.30. The number of aliphatic hydroxyl groups is 1. The van der Waals surface area contributed by atoms with Crippen LogP contribution in [0.2, 0.25) is 0 Å². The Balaban J connectivity index is 0.000000791. The van der Waals surface area contributed by atoms with Crippen LogP contribution in [0.15, 0.2) is 48.5 Å². The first-order chi connectivity index (χ1) is 12.8. The predicted molar refractivity (Wildman–Crippen MR) is 112 cm³/mol. The van der Waals surface area contributed by atoms with Crippen LogP contribution in [0.4, 0.5) is 0 Å². The molecule has 0 saturated carbocycles. The van der Waals surface area contributed by atoms with Gasteiger partial charge in [-0.3, -0.25) is 4.79 Å². The highest BCUT2D eigenvalue weighted by Gasteiger charge is 2.26. The number of aliphatic hydroxyl groups excluding tert-OH is 1. The van der Waals surface area contributed by atoms with E-state index in [1.807, 2.05) is 64.1 Å². The standard InChI is InChI=1S/C20H20O2.2C2H6/c1-2-14-7-3-6-10-17(14)20-18(11-12-21)16-9-5-4-8-15(16)13-19(20)22;2*1-2/h3-10,21H,2,11-13H2,1H3;2*1-2H3. The zero-order valence-corrected chi connectivity index (χ0v) is 16.8. The van der Waals surface area contributed by atoms with E-state index in [0.717, 1.165) is 34.3 Å². The van der Waals surface area contributed by atoms with Gasteiger partial charge < -0.3 is 5.11 Å². The van der Waals surface area contributed by atoms with Gasteiger partial charge in [-0.15, -0.1) is 0 Å². The fourth-order valence-electron chi connectivity index (χ4n) is 3.29. The Morgan fingerprint density at radius 3 is 2.08 bits per heavy atom. The van der Waals surface area contributed by atoms with Crippen LogP contribution in [0.5, 0.6) is 0 Å². The number of allylic oxidation sites excluding steroid dienone is 1. The van der Waals surface area contributed by atoms with E-state index in [-0.39, 0.29) is 12.4 Å². The molecule has 3 rings (SSSR count). The fourth-order valence-corrected chi connectivity index (χ4v) is 3.29. The highest BCUT2D eigenvalue weighted by Crippen LogP contribution is 2.37. The second-order valence-corrected chi connectivity index (χ2v) is 5.59. The fraction of sp³-hybridized carbons (Fsp3) is 0.375. The van der Waals surface area contributed by atoms with E-state index in [9.17, 15) is 9.90 Å². The van der Waals surface area contributed by atoms with Gasteiger partial charge in [0.05, 0.1) is 0 Å². The first-order valence-corrected chi connectivity index (χ1v) is 9.80. The molecule has 0 spiro atoms. The number of carbonyl (C=O) groups is 1. The molecule has 2 aromatic rings. The molecule has 0 radical (unpaired) electrons. The van der Waals surface area contributed by atoms with Crippen LogP contribution in [0.1, 0.15) is 63.3 Å². The maximum Gasteiger partial charge on any atom is 0.168 e. The van der Waals surface area contributed by atoms with Crippen LogP contribution in [-0.4, -0.2) is 17.5 Å². The Bertz CT molecular complexity index is 741. The van der Waals surface area contributed by atoms with Crippen molar-refractivity contribution in [2.45, 2.75) is 53.9 Å². The molecule has 1 aliphatic carbocycles. The van der Waals surface area contributed by atoms with Crippen molar-refractivity contribution in [3.8, 4) is 0 Å². The number of benzene rings is 2. The summed E-state index contributed by atoms with van der Waals surface area (Å²) in [6.45, 7) is 10.2. The van der Waals surface area contributed by atoms with Gasteiger partial charge in [-0.2, -0.15) is 0 Å². The second-order valence-electron chi connectivity index (χ2n) is 5.59. The van der Waals surface area contributed by atoms with E-state index in [0.29, 0.717) is 12.8 Å². The van der Waals surface area contributed by atoms with E-state index < -0.39 is 0 Å². The number of rotatable bonds is 4. The summed E-state index contributed by atoms with van der Waals surface area (Å²) in [6, 6.07) is 16.1. The van der Waals surface area contributed by atoms with Gasteiger partial charge >= 0.3 is 0 Å². The molecular weight excluding hydrogens is 320 g/mol. The predicted octanol–water partition coefficient (Wildman–Crippen LogP) is 5.72. The van der Waals surface area contributed by atoms with Crippen LogP contribution < -0.4 is 0 Å². The number of ketones is 1. The summed E-state index contributed by atoms with van der Waals surface area (Å²) in [4.78, 5) is 12.8. The molecular formula is C24H32O2. The lowest BCUT2D eigenvalue weighted by atomic mass is 9.79. The molecule has 0 unspecified atom stereocenters. The van der Waals surface area contributed by atoms with Crippen molar-refractivity contribution in [2.24, 2.45) is 0 Å². The number of Topliss-reactive ketones (excluding diaryl/α,β-unsaturated/α-hetero) is 1. The monoisotopic (exact) mass is 352 g/mol. The second kappa shape index (κ2) is 11.4. The molecule has 2 nitrogen and oxygen atoms in total. The summed E-state index contributed by atoms with van der Waals surface area (Å²) in [5.74, 6) is 0.156. The van der Waals surface area contributed by atoms with Crippen molar-refractivity contribution in [2.75, 3.05) is 6.61 Å². The number of carbonyl (C=O) groups excluding carboxylic acids is 1. The maximum atomic E-state index is 12.8. The largest absolute Gasteiger partial charge is 0.396 e. The molecule has 140 valence electrons. The van der Waals surface area contributed by atoms with Gasteiger partial charge in [0.2, 0.25) is 0 Å². The molecule has 0 aliphatic heterocycles. The Kier molecular flexibility index (Phi) is 9.61. The molecule has 0 heterocycles. The van der Waals surface area contributed by atoms with Gasteiger partial charge in [0.25, 0.3) is 0 Å². The number of fused-ring (bicyclic) bond motifs is 1. The highest BCUT2D eigenvalue weighted by atomic mass is 16.3. The minimum atomic E-state index is 0.0503. The third-order valence-corrected chi connectivity index (χ3v) is 4.30. The Morgan fingerprint density at radius 2 is 1.46 bits per heavy atom. The summed E-state index contributed by atoms with van der Waals surface area (Å²) in [6.07, 6.45) is 1.84. The van der Waals surface area contributed by atoms with Crippen molar-refractivity contribution < 1.29 is 9.90 Å². The summed E-state index contributed by atoms with van der Waals surface area (Å²) in [7, 11) is 0. The molecule has 0 bridgehead atoms. The summed E-state index contributed by atoms with van der Waals surface area (Å²) in [5.41, 5.74) is 6.15. The smallest absolute Gasteiger partial charge is 0.168 e. The Hall–Kier alpha value is -2.19. The van der Waals surface area contributed by atoms with Gasteiger partial charge in [0, 0.05) is 18.6 Å². The van der Waals surface area contributed by atoms with E-state index in [1.165, 1.54) is 5.56 Å². The molecule has 0 atom stereocenters. The van der Waals surface area contributed by atoms with Gasteiger partial charge in [-0.1, -0.05) is 83.1 Å². The maximum absolute atomic E-state index is 12.8. The van der Waals surface area contributed by atoms with Crippen molar-refractivity contribution in [1.82, 2.24) is 0 Å². The SMILES string of the molecule is CC.CC.CCc1ccccc1C1=C(CCO)c2ccccc2CC1=O. The van der Waals surface area contributed by atoms with Crippen molar-refractivity contribution in [1.29, 1.82) is 0 Å². The van der Waals surface area contributed by atoms with Gasteiger partial charge in [-0.05, 0) is 40.7 Å². The van der Waals surface area contributed by atoms with Gasteiger partial charge in [0.15, 0.2) is 5.78 Å². The lowest BCUT2D eigenvalue weighted by Gasteiger charge is -2.24. The lowest BCUT2D eigenvalue weighted by Crippen LogP contribution is -2.16. The van der Waals surface area contributed by atoms with E-state index >= 15 is 0 Å². The van der Waals surface area contributed by atoms with Crippen molar-refractivity contribution >= 4 is 16.9 Å². The molecule has 0 aromatic heterocycles. The Morgan fingerprint density at radius 1 is 0.885 bits per heavy atom. The summed E-state index contributed by atoms with van der Waals surface area (Å²) in [5, 5.41) is 9.48. The van der Waals surface area contributed by atoms with Crippen LogP contribution in [0, 0.1) is 0 Å². The van der Waals surface area contributed by atoms with Crippen molar-refractivity contribution in [3.63, 3.8) is 0 Å². The molecule has 2 heteroatoms. The van der Waals surface area contributed by atoms with Crippen LogP contribution in [0.25, 0.3) is 11.1 Å². The summed E-state index contributed by atoms with van der Waals surface area (Å²) >= 11 is 0. The quantitative estimate of drug-likeness (QED) is 0.764. The zero-order chi connectivity index (χ0) is 19.5. The first-order valence-electron chi connectivity index (χ1n) is 9.80. The van der Waals surface area contributed by atoms with E-state index in [2.05, 4.69) is 19.1 Å². The normalized spacial score (nSPS) is 12.5. The number of hydrogen-bond acceptors (Lipinski definition) is 2. The summed E-state index contributed by atoms with van der Waals surface area (Å²) < 4.78 is 0. The van der Waals surface area contributed by atoms with E-state index in [1.54, 1.807) is 0 Å². The molecule has 1 aliphatic rings. The molecule has 26 heavy (non-hydrogen) atoms. The van der Waals surface area contributed by atoms with Gasteiger partial charge in [-0.25, -0.2) is 0 Å². The topological polar surface area (TPSA) is 37.3 Å². The molecule has 2 aromatic carbocycles. The zero-order valence-electron chi connectivity index (χ0n) is 16.8. The van der Waals surface area contributed by atoms with Crippen LogP contribution in [0.3, 0.4) is 0 Å². The van der Waals surface area contributed by atoms with Crippen molar-refractivity contribution in [3.05, 3.63) is 70.8 Å². The molecule has 0 fully saturated rings.